The van der Waals surface area contributed by atoms with Crippen LogP contribution in [0.3, 0.4) is 0 Å². The van der Waals surface area contributed by atoms with Crippen molar-refractivity contribution in [3.05, 3.63) is 0 Å². The van der Waals surface area contributed by atoms with Crippen molar-refractivity contribution in [2.45, 2.75) is 12.2 Å². The van der Waals surface area contributed by atoms with Crippen molar-refractivity contribution in [1.29, 1.82) is 0 Å². The van der Waals surface area contributed by atoms with Gasteiger partial charge in [0.2, 0.25) is 0 Å². The highest BCUT2D eigenvalue weighted by Crippen LogP contribution is 1.91. The molecule has 0 aromatic rings. The molecule has 2 atom stereocenters. The van der Waals surface area contributed by atoms with Crippen LogP contribution < -0.4 is 10.9 Å². The molecule has 0 rings (SSSR count). The Morgan fingerprint density at radius 3 is 1.37 bits per heavy atom. The topological polar surface area (TPSA) is 73.8 Å². The molecule has 0 fully saturated rings. The molecule has 0 aliphatic rings. The maximum Gasteiger partial charge on any atom is 0.0948 e. The number of nitrogens with zero attached hydrogens (tertiary/aromatic N) is 2. The van der Waals surface area contributed by atoms with Gasteiger partial charge in [-0.15, -0.1) is 0 Å². The molecular formula is C12H32N4O3+2. The van der Waals surface area contributed by atoms with E-state index in [0.29, 0.717) is 22.3 Å². The maximum absolute atomic E-state index is 9.69. The van der Waals surface area contributed by atoms with Gasteiger partial charge in [0.05, 0.1) is 80.8 Å². The summed E-state index contributed by atoms with van der Waals surface area (Å²) in [7, 11) is 11.9. The van der Waals surface area contributed by atoms with Crippen LogP contribution >= 0.6 is 0 Å². The first-order valence-corrected chi connectivity index (χ1v) is 6.56. The quantitative estimate of drug-likeness (QED) is 0.279. The number of aliphatic hydroxyl groups is 2. The first kappa shape index (κ1) is 18.7. The second-order valence-corrected chi connectivity index (χ2v) is 6.59. The Morgan fingerprint density at radius 1 is 0.789 bits per heavy atom. The van der Waals surface area contributed by atoms with Gasteiger partial charge in [0.25, 0.3) is 0 Å². The number of hydrogen-bond acceptors (Lipinski definition) is 5. The predicted molar refractivity (Wildman–Crippen MR) is 74.9 cm³/mol. The van der Waals surface area contributed by atoms with Gasteiger partial charge < -0.3 is 14.9 Å². The summed E-state index contributed by atoms with van der Waals surface area (Å²) >= 11 is 0. The second kappa shape index (κ2) is 8.11. The van der Waals surface area contributed by atoms with E-state index in [4.69, 9.17) is 4.74 Å². The zero-order valence-corrected chi connectivity index (χ0v) is 13.2. The molecule has 0 radical (unpaired) electrons. The van der Waals surface area contributed by atoms with Crippen LogP contribution in [0.15, 0.2) is 0 Å². The summed E-state index contributed by atoms with van der Waals surface area (Å²) in [4.78, 5) is 0. The van der Waals surface area contributed by atoms with E-state index in [1.807, 2.05) is 42.3 Å². The van der Waals surface area contributed by atoms with Gasteiger partial charge in [-0.1, -0.05) is 0 Å². The molecule has 7 nitrogen and oxygen atoms in total. The maximum atomic E-state index is 9.69. The molecule has 0 aliphatic heterocycles. The Hall–Kier alpha value is -0.280. The third-order valence-corrected chi connectivity index (χ3v) is 2.22. The third-order valence-electron chi connectivity index (χ3n) is 2.22. The molecule has 0 saturated carbocycles. The number of rotatable bonds is 10. The third kappa shape index (κ3) is 13.9. The minimum Gasteiger partial charge on any atom is -0.389 e. The highest BCUT2D eigenvalue weighted by atomic mass is 16.5. The number of nitrogens with one attached hydrogen (secondary N) is 2. The molecule has 116 valence electrons. The summed E-state index contributed by atoms with van der Waals surface area (Å²) in [6.45, 7) is 1.34. The Balaban J connectivity index is 3.61. The molecule has 4 N–H and O–H groups in total. The highest BCUT2D eigenvalue weighted by molar-refractivity contribution is 4.57. The Labute approximate surface area is 116 Å². The van der Waals surface area contributed by atoms with Gasteiger partial charge in [-0.05, 0) is 0 Å². The van der Waals surface area contributed by atoms with Crippen molar-refractivity contribution >= 4 is 0 Å². The second-order valence-electron chi connectivity index (χ2n) is 6.59. The van der Waals surface area contributed by atoms with Crippen molar-refractivity contribution in [2.75, 3.05) is 68.6 Å². The fraction of sp³-hybridized carbons (Fsp3) is 1.00. The van der Waals surface area contributed by atoms with E-state index in [0.717, 1.165) is 0 Å². The van der Waals surface area contributed by atoms with Crippen LogP contribution in [0, 0.1) is 0 Å². The van der Waals surface area contributed by atoms with E-state index in [1.165, 1.54) is 0 Å². The van der Waals surface area contributed by atoms with Crippen LogP contribution in [0.25, 0.3) is 0 Å². The summed E-state index contributed by atoms with van der Waals surface area (Å²) in [5.41, 5.74) is 6.27. The minimum absolute atomic E-state index is 0.217. The largest absolute Gasteiger partial charge is 0.389 e. The molecule has 0 saturated heterocycles. The van der Waals surface area contributed by atoms with Crippen molar-refractivity contribution in [3.8, 4) is 0 Å². The van der Waals surface area contributed by atoms with Crippen LogP contribution in [0.4, 0.5) is 0 Å². The van der Waals surface area contributed by atoms with E-state index >= 15 is 0 Å². The lowest BCUT2D eigenvalue weighted by molar-refractivity contribution is -0.915. The molecule has 7 heteroatoms. The zero-order chi connectivity index (χ0) is 15.1. The lowest BCUT2D eigenvalue weighted by atomic mass is 10.3. The average molecular weight is 280 g/mol. The molecule has 19 heavy (non-hydrogen) atoms. The molecule has 2 unspecified atom stereocenters. The molecule has 0 aliphatic carbocycles. The smallest absolute Gasteiger partial charge is 0.0948 e. The summed E-state index contributed by atoms with van der Waals surface area (Å²) in [6, 6.07) is 0. The molecular weight excluding hydrogens is 248 g/mol. The Morgan fingerprint density at radius 2 is 1.11 bits per heavy atom. The number of aliphatic hydroxyl groups excluding tert-OH is 2. The van der Waals surface area contributed by atoms with E-state index in [9.17, 15) is 10.2 Å². The van der Waals surface area contributed by atoms with Crippen LogP contribution in [-0.2, 0) is 4.74 Å². The van der Waals surface area contributed by atoms with Crippen molar-refractivity contribution in [3.63, 3.8) is 0 Å². The average Bonchev–Trinajstić information content (AvgIpc) is 2.22. The Kier molecular flexibility index (Phi) is 7.99. The van der Waals surface area contributed by atoms with Gasteiger partial charge in [0.1, 0.15) is 0 Å². The van der Waals surface area contributed by atoms with Gasteiger partial charge in [-0.3, -0.25) is 9.18 Å². The van der Waals surface area contributed by atoms with Gasteiger partial charge in [0.15, 0.2) is 0 Å². The molecule has 0 bridgehead atoms. The van der Waals surface area contributed by atoms with Crippen LogP contribution in [0.2, 0.25) is 0 Å². The minimum atomic E-state index is -0.573. The van der Waals surface area contributed by atoms with E-state index in [2.05, 4.69) is 10.9 Å². The standard InChI is InChI=1S/C12H32N4O3/c1-15(2,3)13-7-11(17)9-19-10-12(18)8-14-16(4,5)6/h11-14,17-18H,7-10H2,1-6H3/q+2. The van der Waals surface area contributed by atoms with Gasteiger partial charge in [-0.2, -0.15) is 10.9 Å². The van der Waals surface area contributed by atoms with E-state index in [-0.39, 0.29) is 13.2 Å². The summed E-state index contributed by atoms with van der Waals surface area (Å²) in [5.74, 6) is 0. The molecule has 0 aromatic carbocycles. The fourth-order valence-electron chi connectivity index (χ4n) is 1.22. The summed E-state index contributed by atoms with van der Waals surface area (Å²) in [6.07, 6.45) is -1.15. The zero-order valence-electron chi connectivity index (χ0n) is 13.2. The molecule has 0 aromatic heterocycles. The predicted octanol–water partition coefficient (Wildman–Crippen LogP) is -1.85. The van der Waals surface area contributed by atoms with E-state index in [1.54, 1.807) is 0 Å². The van der Waals surface area contributed by atoms with Crippen LogP contribution in [-0.4, -0.2) is 100 Å². The van der Waals surface area contributed by atoms with Crippen LogP contribution in [0.5, 0.6) is 0 Å². The SMILES string of the molecule is C[N+](C)(C)NCC(O)COCC(O)CN[N+](C)(C)C. The number of quaternary nitrogens is 2. The van der Waals surface area contributed by atoms with Gasteiger partial charge in [0, 0.05) is 0 Å². The van der Waals surface area contributed by atoms with Crippen molar-refractivity contribution < 1.29 is 24.1 Å². The lowest BCUT2D eigenvalue weighted by Gasteiger charge is -2.26. The monoisotopic (exact) mass is 280 g/mol. The van der Waals surface area contributed by atoms with Crippen molar-refractivity contribution in [2.24, 2.45) is 0 Å². The Bertz CT molecular complexity index is 214. The highest BCUT2D eigenvalue weighted by Gasteiger charge is 2.14. The van der Waals surface area contributed by atoms with E-state index < -0.39 is 12.2 Å². The number of ether oxygens (including phenoxy) is 1. The summed E-state index contributed by atoms with van der Waals surface area (Å²) < 4.78 is 6.45. The first-order valence-electron chi connectivity index (χ1n) is 6.56. The van der Waals surface area contributed by atoms with Gasteiger partial charge >= 0.3 is 0 Å². The fourth-order valence-corrected chi connectivity index (χ4v) is 1.22. The molecule has 0 amide bonds. The molecule has 0 heterocycles. The van der Waals surface area contributed by atoms with Crippen molar-refractivity contribution in [1.82, 2.24) is 10.9 Å². The lowest BCUT2D eigenvalue weighted by Crippen LogP contribution is -2.52. The normalized spacial score (nSPS) is 16.4. The molecule has 0 spiro atoms. The first-order chi connectivity index (χ1) is 8.49. The summed E-state index contributed by atoms with van der Waals surface area (Å²) in [5, 5.41) is 19.4. The number of hydrogen-bond donors (Lipinski definition) is 4. The van der Waals surface area contributed by atoms with Crippen LogP contribution in [0.1, 0.15) is 0 Å². The van der Waals surface area contributed by atoms with Gasteiger partial charge in [-0.25, -0.2) is 0 Å².